The molecule has 0 unspecified atom stereocenters. The molecule has 0 aromatic heterocycles. The number of nitrogens with zero attached hydrogens (tertiary/aromatic N) is 1. The molecule has 2 fully saturated rings. The van der Waals surface area contributed by atoms with Crippen LogP contribution in [0, 0.1) is 0 Å². The fraction of sp³-hybridized carbons (Fsp3) is 0.727. The molecule has 1 saturated carbocycles. The van der Waals surface area contributed by atoms with Gasteiger partial charge in [-0.2, -0.15) is 0 Å². The summed E-state index contributed by atoms with van der Waals surface area (Å²) < 4.78 is 0. The third kappa shape index (κ3) is 1.93. The fourth-order valence-electron chi connectivity index (χ4n) is 2.02. The molecule has 1 aliphatic carbocycles. The lowest BCUT2D eigenvalue weighted by molar-refractivity contribution is -0.131. The Kier molecular flexibility index (Phi) is 2.38. The number of carbonyl (C=O) groups excluding carboxylic acids is 1. The zero-order chi connectivity index (χ0) is 9.26. The maximum absolute atomic E-state index is 11.4. The van der Waals surface area contributed by atoms with Crippen LogP contribution in [-0.2, 0) is 4.79 Å². The van der Waals surface area contributed by atoms with Crippen LogP contribution in [0.5, 0.6) is 0 Å². The molecule has 2 nitrogen and oxygen atoms in total. The summed E-state index contributed by atoms with van der Waals surface area (Å²) in [7, 11) is 0. The molecule has 0 atom stereocenters. The van der Waals surface area contributed by atoms with Crippen molar-refractivity contribution in [2.24, 2.45) is 0 Å². The Morgan fingerprint density at radius 3 is 2.15 bits per heavy atom. The van der Waals surface area contributed by atoms with E-state index in [2.05, 4.69) is 0 Å². The molecule has 0 spiro atoms. The molecule has 2 heteroatoms. The van der Waals surface area contributed by atoms with E-state index in [1.54, 1.807) is 11.1 Å². The van der Waals surface area contributed by atoms with Crippen molar-refractivity contribution in [1.29, 1.82) is 0 Å². The summed E-state index contributed by atoms with van der Waals surface area (Å²) in [4.78, 5) is 13.4. The number of rotatable bonds is 1. The smallest absolute Gasteiger partial charge is 0.222 e. The van der Waals surface area contributed by atoms with Crippen molar-refractivity contribution < 1.29 is 4.79 Å². The highest BCUT2D eigenvalue weighted by Crippen LogP contribution is 2.35. The van der Waals surface area contributed by atoms with E-state index in [0.29, 0.717) is 12.3 Å². The van der Waals surface area contributed by atoms with Crippen LogP contribution in [0.3, 0.4) is 0 Å². The molecule has 0 bridgehead atoms. The van der Waals surface area contributed by atoms with E-state index in [1.807, 2.05) is 11.8 Å². The molecule has 0 aromatic rings. The van der Waals surface area contributed by atoms with E-state index in [4.69, 9.17) is 0 Å². The van der Waals surface area contributed by atoms with Crippen molar-refractivity contribution in [1.82, 2.24) is 4.90 Å². The quantitative estimate of drug-likeness (QED) is 0.564. The van der Waals surface area contributed by atoms with Crippen LogP contribution in [0.4, 0.5) is 0 Å². The first-order valence-electron chi connectivity index (χ1n) is 5.29. The van der Waals surface area contributed by atoms with Crippen molar-refractivity contribution in [2.75, 3.05) is 13.1 Å². The third-order valence-electron chi connectivity index (χ3n) is 3.02. The molecule has 0 aromatic carbocycles. The summed E-state index contributed by atoms with van der Waals surface area (Å²) in [5.41, 5.74) is 3.34. The Morgan fingerprint density at radius 1 is 1.15 bits per heavy atom. The van der Waals surface area contributed by atoms with E-state index in [1.165, 1.54) is 12.8 Å². The predicted molar refractivity (Wildman–Crippen MR) is 52.4 cm³/mol. The molecular weight excluding hydrogens is 162 g/mol. The molecule has 2 rings (SSSR count). The summed E-state index contributed by atoms with van der Waals surface area (Å²) in [6.07, 6.45) is 5.60. The van der Waals surface area contributed by atoms with Crippen molar-refractivity contribution in [3.63, 3.8) is 0 Å². The molecule has 72 valence electrons. The average molecular weight is 179 g/mol. The minimum atomic E-state index is 0.319. The number of likely N-dealkylation sites (tertiary alicyclic amines) is 1. The van der Waals surface area contributed by atoms with Gasteiger partial charge in [0, 0.05) is 19.5 Å². The van der Waals surface area contributed by atoms with Gasteiger partial charge in [0.15, 0.2) is 0 Å². The Hall–Kier alpha value is -0.790. The van der Waals surface area contributed by atoms with Crippen molar-refractivity contribution in [3.05, 3.63) is 11.1 Å². The van der Waals surface area contributed by atoms with Crippen LogP contribution in [0.2, 0.25) is 0 Å². The highest BCUT2D eigenvalue weighted by molar-refractivity contribution is 5.76. The first kappa shape index (κ1) is 8.79. The van der Waals surface area contributed by atoms with E-state index in [-0.39, 0.29) is 0 Å². The van der Waals surface area contributed by atoms with Gasteiger partial charge in [0.25, 0.3) is 0 Å². The Labute approximate surface area is 79.6 Å². The predicted octanol–water partition coefficient (Wildman–Crippen LogP) is 2.11. The lowest BCUT2D eigenvalue weighted by Crippen LogP contribution is -2.35. The van der Waals surface area contributed by atoms with Crippen LogP contribution in [0.15, 0.2) is 11.1 Å². The average Bonchev–Trinajstić information content (AvgIpc) is 3.00. The highest BCUT2D eigenvalue weighted by atomic mass is 16.2. The number of hydrogen-bond acceptors (Lipinski definition) is 1. The topological polar surface area (TPSA) is 20.3 Å². The lowest BCUT2D eigenvalue weighted by Gasteiger charge is -2.28. The van der Waals surface area contributed by atoms with Gasteiger partial charge >= 0.3 is 0 Å². The van der Waals surface area contributed by atoms with Gasteiger partial charge in [0.2, 0.25) is 5.91 Å². The van der Waals surface area contributed by atoms with Gasteiger partial charge in [-0.15, -0.1) is 0 Å². The molecular formula is C11H17NO. The number of piperidine rings is 1. The zero-order valence-electron chi connectivity index (χ0n) is 8.31. The van der Waals surface area contributed by atoms with Crippen LogP contribution in [0.25, 0.3) is 0 Å². The molecule has 13 heavy (non-hydrogen) atoms. The van der Waals surface area contributed by atoms with Crippen molar-refractivity contribution in [3.8, 4) is 0 Å². The van der Waals surface area contributed by atoms with Crippen LogP contribution in [-0.4, -0.2) is 23.9 Å². The first-order valence-corrected chi connectivity index (χ1v) is 5.29. The van der Waals surface area contributed by atoms with E-state index < -0.39 is 0 Å². The molecule has 0 radical (unpaired) electrons. The van der Waals surface area contributed by atoms with Crippen molar-refractivity contribution >= 4 is 5.91 Å². The molecule has 1 saturated heterocycles. The minimum absolute atomic E-state index is 0.319. The lowest BCUT2D eigenvalue weighted by atomic mass is 10.0. The van der Waals surface area contributed by atoms with Gasteiger partial charge in [0.1, 0.15) is 0 Å². The van der Waals surface area contributed by atoms with E-state index in [9.17, 15) is 4.79 Å². The Morgan fingerprint density at radius 2 is 1.69 bits per heavy atom. The van der Waals surface area contributed by atoms with Gasteiger partial charge in [-0.1, -0.05) is 18.1 Å². The van der Waals surface area contributed by atoms with Crippen LogP contribution < -0.4 is 0 Å². The van der Waals surface area contributed by atoms with Gasteiger partial charge < -0.3 is 4.90 Å². The monoisotopic (exact) mass is 179 g/mol. The van der Waals surface area contributed by atoms with E-state index >= 15 is 0 Å². The molecule has 1 amide bonds. The van der Waals surface area contributed by atoms with E-state index in [0.717, 1.165) is 25.9 Å². The van der Waals surface area contributed by atoms with Crippen LogP contribution in [0.1, 0.15) is 39.0 Å². The summed E-state index contributed by atoms with van der Waals surface area (Å²) in [5, 5.41) is 0. The van der Waals surface area contributed by atoms with Gasteiger partial charge in [-0.3, -0.25) is 4.79 Å². The van der Waals surface area contributed by atoms with Gasteiger partial charge in [-0.25, -0.2) is 0 Å². The minimum Gasteiger partial charge on any atom is -0.342 e. The summed E-state index contributed by atoms with van der Waals surface area (Å²) >= 11 is 0. The molecule has 1 heterocycles. The maximum Gasteiger partial charge on any atom is 0.222 e. The second-order valence-electron chi connectivity index (χ2n) is 3.94. The second-order valence-corrected chi connectivity index (χ2v) is 3.94. The Bertz CT molecular complexity index is 239. The van der Waals surface area contributed by atoms with Gasteiger partial charge in [-0.05, 0) is 25.7 Å². The normalized spacial score (nSPS) is 22.1. The summed E-state index contributed by atoms with van der Waals surface area (Å²) in [5.74, 6) is 0.319. The molecule has 2 aliphatic rings. The summed E-state index contributed by atoms with van der Waals surface area (Å²) in [6, 6.07) is 0. The maximum atomic E-state index is 11.4. The highest BCUT2D eigenvalue weighted by Gasteiger charge is 2.23. The number of amides is 1. The number of carbonyl (C=O) groups is 1. The molecule has 1 aliphatic heterocycles. The van der Waals surface area contributed by atoms with Gasteiger partial charge in [0.05, 0.1) is 0 Å². The molecule has 0 N–H and O–H groups in total. The van der Waals surface area contributed by atoms with Crippen LogP contribution >= 0.6 is 0 Å². The fourth-order valence-corrected chi connectivity index (χ4v) is 2.02. The first-order chi connectivity index (χ1) is 6.31. The van der Waals surface area contributed by atoms with Crippen molar-refractivity contribution in [2.45, 2.75) is 39.0 Å². The number of allylic oxidation sites excluding steroid dienone is 1. The SMILES string of the molecule is CCC(=O)N1CCC(=C2CC2)CC1. The zero-order valence-corrected chi connectivity index (χ0v) is 8.31. The third-order valence-corrected chi connectivity index (χ3v) is 3.02. The standard InChI is InChI=1S/C11H17NO/c1-2-11(13)12-7-5-10(6-8-12)9-3-4-9/h2-8H2,1H3. The Balaban J connectivity index is 1.89. The summed E-state index contributed by atoms with van der Waals surface area (Å²) in [6.45, 7) is 3.87. The number of hydrogen-bond donors (Lipinski definition) is 0. The second kappa shape index (κ2) is 3.52. The largest absolute Gasteiger partial charge is 0.342 e.